The first-order valence-corrected chi connectivity index (χ1v) is 13.7. The third kappa shape index (κ3) is 3.64. The van der Waals surface area contributed by atoms with E-state index in [-0.39, 0.29) is 17.1 Å². The second-order valence-electron chi connectivity index (χ2n) is 10.0. The Morgan fingerprint density at radius 3 is 2.05 bits per heavy atom. The van der Waals surface area contributed by atoms with Gasteiger partial charge in [0.25, 0.3) is 0 Å². The van der Waals surface area contributed by atoms with Gasteiger partial charge in [-0.15, -0.1) is 11.3 Å². The molecule has 0 aliphatic heterocycles. The van der Waals surface area contributed by atoms with Crippen LogP contribution in [-0.2, 0) is 0 Å². The highest BCUT2D eigenvalue weighted by atomic mass is 32.1. The van der Waals surface area contributed by atoms with Crippen LogP contribution in [0, 0.1) is 25.2 Å². The molecule has 2 aromatic heterocycles. The topological polar surface area (TPSA) is 75.8 Å². The molecule has 7 rings (SSSR count). The molecule has 0 N–H and O–H groups in total. The number of nitrogens with zero attached hydrogens (tertiary/aromatic N) is 3. The zero-order valence-corrected chi connectivity index (χ0v) is 22.5. The SMILES string of the molecule is Cc1cccc(C)c1-n1c(C=C2C(=O)c3cc4ccccc4cc3C2=O)cc2sc(-c3ccc(C#N)cc3)nc21. The van der Waals surface area contributed by atoms with E-state index in [1.54, 1.807) is 18.2 Å². The first-order chi connectivity index (χ1) is 19.4. The highest BCUT2D eigenvalue weighted by Gasteiger charge is 2.34. The molecule has 0 saturated carbocycles. The highest BCUT2D eigenvalue weighted by molar-refractivity contribution is 7.21. The number of hydrogen-bond donors (Lipinski definition) is 0. The maximum absolute atomic E-state index is 13.5. The lowest BCUT2D eigenvalue weighted by Crippen LogP contribution is -2.05. The predicted octanol–water partition coefficient (Wildman–Crippen LogP) is 7.86. The number of nitriles is 1. The first-order valence-electron chi connectivity index (χ1n) is 12.9. The molecule has 0 fully saturated rings. The second kappa shape index (κ2) is 8.98. The van der Waals surface area contributed by atoms with Gasteiger partial charge in [0, 0.05) is 16.7 Å². The van der Waals surface area contributed by atoms with Crippen molar-refractivity contribution in [3.8, 4) is 22.3 Å². The van der Waals surface area contributed by atoms with Crippen LogP contribution in [-0.4, -0.2) is 21.1 Å². The summed E-state index contributed by atoms with van der Waals surface area (Å²) < 4.78 is 2.99. The third-order valence-electron chi connectivity index (χ3n) is 7.46. The largest absolute Gasteiger partial charge is 0.293 e. The molecule has 0 atom stereocenters. The first kappa shape index (κ1) is 24.0. The van der Waals surface area contributed by atoms with E-state index >= 15 is 0 Å². The number of fused-ring (bicyclic) bond motifs is 3. The van der Waals surface area contributed by atoms with Crippen molar-refractivity contribution in [1.29, 1.82) is 5.26 Å². The van der Waals surface area contributed by atoms with Crippen molar-refractivity contribution in [1.82, 2.24) is 9.55 Å². The van der Waals surface area contributed by atoms with Gasteiger partial charge in [0.1, 0.15) is 5.01 Å². The number of para-hydroxylation sites is 1. The van der Waals surface area contributed by atoms with E-state index in [2.05, 4.69) is 10.6 Å². The van der Waals surface area contributed by atoms with Crippen molar-refractivity contribution >= 4 is 50.1 Å². The molecular formula is C34H21N3O2S. The van der Waals surface area contributed by atoms with Crippen molar-refractivity contribution in [2.75, 3.05) is 0 Å². The van der Waals surface area contributed by atoms with E-state index in [1.807, 2.05) is 86.6 Å². The van der Waals surface area contributed by atoms with Gasteiger partial charge < -0.3 is 0 Å². The fraction of sp³-hybridized carbons (Fsp3) is 0.0588. The quantitative estimate of drug-likeness (QED) is 0.171. The molecule has 5 nitrogen and oxygen atoms in total. The summed E-state index contributed by atoms with van der Waals surface area (Å²) >= 11 is 1.54. The van der Waals surface area contributed by atoms with Crippen LogP contribution in [0.3, 0.4) is 0 Å². The Morgan fingerprint density at radius 2 is 1.45 bits per heavy atom. The lowest BCUT2D eigenvalue weighted by molar-refractivity contribution is 0.0990. The molecule has 40 heavy (non-hydrogen) atoms. The summed E-state index contributed by atoms with van der Waals surface area (Å²) in [6.07, 6.45) is 1.72. The minimum absolute atomic E-state index is 0.162. The predicted molar refractivity (Wildman–Crippen MR) is 159 cm³/mol. The Morgan fingerprint density at radius 1 is 0.825 bits per heavy atom. The zero-order valence-electron chi connectivity index (χ0n) is 21.7. The Bertz CT molecular complexity index is 2040. The molecule has 4 aromatic carbocycles. The van der Waals surface area contributed by atoms with Crippen LogP contribution in [0.15, 0.2) is 90.5 Å². The fourth-order valence-corrected chi connectivity index (χ4v) is 6.50. The van der Waals surface area contributed by atoms with Gasteiger partial charge in [-0.3, -0.25) is 14.2 Å². The lowest BCUT2D eigenvalue weighted by atomic mass is 10.0. The zero-order chi connectivity index (χ0) is 27.5. The van der Waals surface area contributed by atoms with Gasteiger partial charge in [0.05, 0.1) is 33.3 Å². The van der Waals surface area contributed by atoms with Crippen LogP contribution < -0.4 is 0 Å². The van der Waals surface area contributed by atoms with E-state index in [4.69, 9.17) is 10.2 Å². The number of carbonyl (C=O) groups is 2. The summed E-state index contributed by atoms with van der Waals surface area (Å²) in [5.74, 6) is -0.510. The van der Waals surface area contributed by atoms with Crippen LogP contribution >= 0.6 is 11.3 Å². The number of aryl methyl sites for hydroxylation is 2. The fourth-order valence-electron chi connectivity index (χ4n) is 5.50. The van der Waals surface area contributed by atoms with Crippen LogP contribution in [0.2, 0.25) is 0 Å². The number of aromatic nitrogens is 2. The minimum atomic E-state index is -0.255. The summed E-state index contributed by atoms with van der Waals surface area (Å²) in [6, 6.07) is 29.0. The lowest BCUT2D eigenvalue weighted by Gasteiger charge is -2.14. The van der Waals surface area contributed by atoms with Gasteiger partial charge >= 0.3 is 0 Å². The van der Waals surface area contributed by atoms with Gasteiger partial charge in [-0.05, 0) is 72.2 Å². The van der Waals surface area contributed by atoms with E-state index in [0.717, 1.165) is 54.2 Å². The molecule has 0 saturated heterocycles. The Balaban J connectivity index is 1.42. The molecule has 0 unspecified atom stereocenters. The summed E-state index contributed by atoms with van der Waals surface area (Å²) in [7, 11) is 0. The number of thiazole rings is 1. The maximum atomic E-state index is 13.5. The number of rotatable bonds is 3. The Kier molecular flexibility index (Phi) is 5.38. The van der Waals surface area contributed by atoms with Crippen LogP contribution in [0.4, 0.5) is 0 Å². The standard InChI is InChI=1S/C34H21N3O2S/c1-19-6-5-7-20(2)30(19)37-25(17-29-33(37)36-34(40-29)22-12-10-21(18-35)11-13-22)16-28-31(38)26-14-23-8-3-4-9-24(23)15-27(26)32(28)39/h3-17H,1-2H3. The number of ketones is 2. The van der Waals surface area contributed by atoms with Crippen LogP contribution in [0.1, 0.15) is 43.1 Å². The minimum Gasteiger partial charge on any atom is -0.293 e. The number of Topliss-reactive ketones (excluding diaryl/α,β-unsaturated/α-hetero) is 2. The van der Waals surface area contributed by atoms with E-state index in [0.29, 0.717) is 16.7 Å². The summed E-state index contributed by atoms with van der Waals surface area (Å²) in [4.78, 5) is 32.1. The smallest absolute Gasteiger partial charge is 0.197 e. The Hall–Kier alpha value is -5.12. The molecular weight excluding hydrogens is 514 g/mol. The van der Waals surface area contributed by atoms with Crippen molar-refractivity contribution in [3.63, 3.8) is 0 Å². The molecule has 0 spiro atoms. The molecule has 0 bridgehead atoms. The number of allylic oxidation sites excluding steroid dienone is 1. The van der Waals surface area contributed by atoms with Gasteiger partial charge in [0.15, 0.2) is 17.2 Å². The summed E-state index contributed by atoms with van der Waals surface area (Å²) in [5.41, 5.74) is 7.16. The average molecular weight is 536 g/mol. The van der Waals surface area contributed by atoms with Crippen molar-refractivity contribution in [2.45, 2.75) is 13.8 Å². The third-order valence-corrected chi connectivity index (χ3v) is 8.50. The molecule has 6 aromatic rings. The molecule has 6 heteroatoms. The number of hydrogen-bond acceptors (Lipinski definition) is 5. The maximum Gasteiger partial charge on any atom is 0.197 e. The van der Waals surface area contributed by atoms with Gasteiger partial charge in [-0.1, -0.05) is 54.6 Å². The Labute approximate surface area is 234 Å². The summed E-state index contributed by atoms with van der Waals surface area (Å²) in [6.45, 7) is 4.10. The molecule has 2 heterocycles. The van der Waals surface area contributed by atoms with Crippen LogP contribution in [0.5, 0.6) is 0 Å². The molecule has 190 valence electrons. The molecule has 0 amide bonds. The van der Waals surface area contributed by atoms with Gasteiger partial charge in [-0.2, -0.15) is 5.26 Å². The van der Waals surface area contributed by atoms with Gasteiger partial charge in [-0.25, -0.2) is 4.98 Å². The van der Waals surface area contributed by atoms with E-state index < -0.39 is 0 Å². The van der Waals surface area contributed by atoms with Crippen molar-refractivity contribution in [3.05, 3.63) is 124 Å². The normalized spacial score (nSPS) is 12.8. The molecule has 1 aliphatic carbocycles. The summed E-state index contributed by atoms with van der Waals surface area (Å²) in [5, 5.41) is 11.9. The highest BCUT2D eigenvalue weighted by Crippen LogP contribution is 2.38. The van der Waals surface area contributed by atoms with Gasteiger partial charge in [0.2, 0.25) is 0 Å². The second-order valence-corrected chi connectivity index (χ2v) is 11.0. The van der Waals surface area contributed by atoms with Crippen LogP contribution in [0.25, 0.3) is 43.5 Å². The number of benzene rings is 4. The van der Waals surface area contributed by atoms with E-state index in [1.165, 1.54) is 11.3 Å². The molecule has 1 aliphatic rings. The molecule has 0 radical (unpaired) electrons. The number of carbonyl (C=O) groups excluding carboxylic acids is 2. The van der Waals surface area contributed by atoms with Crippen molar-refractivity contribution < 1.29 is 9.59 Å². The average Bonchev–Trinajstić information content (AvgIpc) is 3.59. The van der Waals surface area contributed by atoms with E-state index in [9.17, 15) is 9.59 Å². The monoisotopic (exact) mass is 535 g/mol. The van der Waals surface area contributed by atoms with Crippen molar-refractivity contribution in [2.24, 2.45) is 0 Å².